The van der Waals surface area contributed by atoms with E-state index in [4.69, 9.17) is 5.11 Å². The van der Waals surface area contributed by atoms with Gasteiger partial charge in [-0.15, -0.1) is 0 Å². The summed E-state index contributed by atoms with van der Waals surface area (Å²) in [5, 5.41) is 9.11. The molecule has 3 aliphatic heterocycles. The monoisotopic (exact) mass is 410 g/mol. The molecule has 0 unspecified atom stereocenters. The summed E-state index contributed by atoms with van der Waals surface area (Å²) >= 11 is 0. The van der Waals surface area contributed by atoms with Gasteiger partial charge in [0.15, 0.2) is 0 Å². The van der Waals surface area contributed by atoms with E-state index in [9.17, 15) is 4.79 Å². The first-order valence-corrected chi connectivity index (χ1v) is 11.0. The fraction of sp³-hybridized carbons (Fsp3) is 0.591. The summed E-state index contributed by atoms with van der Waals surface area (Å²) in [6, 6.07) is 6.07. The SMILES string of the molecule is O=c1c(CN2CCN(CCO)CC2)ccc2n1C[C@H]1C[C@@H]2CN(c2ncccn2)C1. The van der Waals surface area contributed by atoms with Crippen LogP contribution in [-0.2, 0) is 13.1 Å². The number of aromatic nitrogens is 3. The Balaban J connectivity index is 1.31. The van der Waals surface area contributed by atoms with Crippen molar-refractivity contribution >= 4 is 5.95 Å². The van der Waals surface area contributed by atoms with Gasteiger partial charge in [0.05, 0.1) is 6.61 Å². The van der Waals surface area contributed by atoms with E-state index >= 15 is 0 Å². The van der Waals surface area contributed by atoms with E-state index in [1.54, 1.807) is 12.4 Å². The number of pyridine rings is 1. The fourth-order valence-corrected chi connectivity index (χ4v) is 5.28. The highest BCUT2D eigenvalue weighted by atomic mass is 16.3. The lowest BCUT2D eigenvalue weighted by Gasteiger charge is -2.43. The predicted molar refractivity (Wildman–Crippen MR) is 115 cm³/mol. The van der Waals surface area contributed by atoms with Gasteiger partial charge in [0, 0.05) is 88.5 Å². The lowest BCUT2D eigenvalue weighted by Crippen LogP contribution is -2.49. The normalized spacial score (nSPS) is 24.6. The first kappa shape index (κ1) is 19.7. The van der Waals surface area contributed by atoms with Crippen LogP contribution in [0, 0.1) is 5.92 Å². The Morgan fingerprint density at radius 2 is 1.77 bits per heavy atom. The van der Waals surface area contributed by atoms with Gasteiger partial charge in [-0.05, 0) is 24.5 Å². The van der Waals surface area contributed by atoms with Crippen molar-refractivity contribution in [2.75, 3.05) is 57.3 Å². The topological polar surface area (TPSA) is 77.7 Å². The zero-order chi connectivity index (χ0) is 20.5. The van der Waals surface area contributed by atoms with E-state index in [-0.39, 0.29) is 12.2 Å². The maximum Gasteiger partial charge on any atom is 0.255 e. The Bertz CT molecular complexity index is 925. The minimum atomic E-state index is 0.185. The first-order chi connectivity index (χ1) is 14.7. The van der Waals surface area contributed by atoms with E-state index in [2.05, 4.69) is 30.7 Å². The third-order valence-electron chi connectivity index (χ3n) is 6.79. The van der Waals surface area contributed by atoms with Crippen LogP contribution < -0.4 is 10.5 Å². The molecule has 2 fully saturated rings. The molecule has 0 aliphatic carbocycles. The molecule has 8 heteroatoms. The van der Waals surface area contributed by atoms with Crippen molar-refractivity contribution in [1.82, 2.24) is 24.3 Å². The molecule has 2 saturated heterocycles. The Labute approximate surface area is 176 Å². The standard InChI is InChI=1S/C22H30N6O2/c29-11-10-25-6-8-26(9-7-25)15-18-2-3-20-19-12-17(14-28(20)21(18)30)13-27(16-19)22-23-4-1-5-24-22/h1-5,17,19,29H,6-16H2/t17-,19+/m0/s1. The molecule has 2 bridgehead atoms. The van der Waals surface area contributed by atoms with Gasteiger partial charge >= 0.3 is 0 Å². The molecule has 1 N–H and O–H groups in total. The first-order valence-electron chi connectivity index (χ1n) is 11.0. The molecule has 30 heavy (non-hydrogen) atoms. The van der Waals surface area contributed by atoms with Gasteiger partial charge in [0.1, 0.15) is 0 Å². The highest BCUT2D eigenvalue weighted by Crippen LogP contribution is 2.36. The van der Waals surface area contributed by atoms with Crippen molar-refractivity contribution < 1.29 is 5.11 Å². The molecule has 0 saturated carbocycles. The second kappa shape index (κ2) is 8.45. The number of anilines is 1. The second-order valence-corrected chi connectivity index (χ2v) is 8.79. The van der Waals surface area contributed by atoms with Crippen LogP contribution in [-0.4, -0.2) is 81.9 Å². The smallest absolute Gasteiger partial charge is 0.255 e. The molecule has 2 aromatic rings. The summed E-state index contributed by atoms with van der Waals surface area (Å²) in [5.41, 5.74) is 2.25. The number of aliphatic hydroxyl groups excluding tert-OH is 1. The van der Waals surface area contributed by atoms with Gasteiger partial charge in [-0.2, -0.15) is 0 Å². The number of piperidine rings is 1. The lowest BCUT2D eigenvalue weighted by molar-refractivity contribution is 0.108. The molecule has 5 rings (SSSR count). The molecule has 8 nitrogen and oxygen atoms in total. The predicted octanol–water partition coefficient (Wildman–Crippen LogP) is 0.372. The summed E-state index contributed by atoms with van der Waals surface area (Å²) in [6.07, 6.45) is 4.72. The molecule has 3 aliphatic rings. The number of nitrogens with zero attached hydrogens (tertiary/aromatic N) is 6. The molecule has 2 aromatic heterocycles. The second-order valence-electron chi connectivity index (χ2n) is 8.79. The zero-order valence-corrected chi connectivity index (χ0v) is 17.4. The summed E-state index contributed by atoms with van der Waals surface area (Å²) in [4.78, 5) is 29.0. The molecule has 0 amide bonds. The van der Waals surface area contributed by atoms with Crippen molar-refractivity contribution in [1.29, 1.82) is 0 Å². The molecule has 0 radical (unpaired) electrons. The van der Waals surface area contributed by atoms with E-state index in [0.717, 1.165) is 76.0 Å². The average Bonchev–Trinajstić information content (AvgIpc) is 2.78. The van der Waals surface area contributed by atoms with Crippen LogP contribution in [0.4, 0.5) is 5.95 Å². The van der Waals surface area contributed by atoms with Gasteiger partial charge in [0.25, 0.3) is 5.56 Å². The van der Waals surface area contributed by atoms with E-state index in [1.807, 2.05) is 16.7 Å². The van der Waals surface area contributed by atoms with Gasteiger partial charge < -0.3 is 14.6 Å². The quantitative estimate of drug-likeness (QED) is 0.763. The summed E-state index contributed by atoms with van der Waals surface area (Å²) in [7, 11) is 0. The summed E-state index contributed by atoms with van der Waals surface area (Å²) in [6.45, 7) is 8.01. The van der Waals surface area contributed by atoms with Crippen molar-refractivity contribution in [2.45, 2.75) is 25.4 Å². The molecule has 0 spiro atoms. The average molecular weight is 411 g/mol. The van der Waals surface area contributed by atoms with Gasteiger partial charge in [0.2, 0.25) is 5.95 Å². The maximum absolute atomic E-state index is 13.3. The summed E-state index contributed by atoms with van der Waals surface area (Å²) < 4.78 is 2.04. The van der Waals surface area contributed by atoms with Crippen LogP contribution in [0.25, 0.3) is 0 Å². The molecule has 160 valence electrons. The van der Waals surface area contributed by atoms with Crippen LogP contribution in [0.5, 0.6) is 0 Å². The molecule has 5 heterocycles. The molecule has 2 atom stereocenters. The van der Waals surface area contributed by atoms with E-state index < -0.39 is 0 Å². The van der Waals surface area contributed by atoms with E-state index in [0.29, 0.717) is 18.4 Å². The highest BCUT2D eigenvalue weighted by molar-refractivity contribution is 5.34. The minimum Gasteiger partial charge on any atom is -0.395 e. The van der Waals surface area contributed by atoms with Crippen LogP contribution in [0.15, 0.2) is 35.4 Å². The van der Waals surface area contributed by atoms with Crippen molar-refractivity contribution in [3.05, 3.63) is 52.2 Å². The van der Waals surface area contributed by atoms with Crippen molar-refractivity contribution in [2.24, 2.45) is 5.92 Å². The Hall–Kier alpha value is -2.29. The van der Waals surface area contributed by atoms with Crippen LogP contribution in [0.1, 0.15) is 23.6 Å². The van der Waals surface area contributed by atoms with Crippen molar-refractivity contribution in [3.8, 4) is 0 Å². The maximum atomic E-state index is 13.3. The highest BCUT2D eigenvalue weighted by Gasteiger charge is 2.36. The van der Waals surface area contributed by atoms with Gasteiger partial charge in [-0.3, -0.25) is 14.6 Å². The Kier molecular flexibility index (Phi) is 5.54. The number of rotatable bonds is 5. The number of piperazine rings is 1. The number of aliphatic hydroxyl groups is 1. The third-order valence-corrected chi connectivity index (χ3v) is 6.79. The van der Waals surface area contributed by atoms with E-state index in [1.165, 1.54) is 0 Å². The summed E-state index contributed by atoms with van der Waals surface area (Å²) in [5.74, 6) is 1.60. The number of hydrogen-bond donors (Lipinski definition) is 1. The molecular formula is C22H30N6O2. The number of fused-ring (bicyclic) bond motifs is 4. The molecule has 0 aromatic carbocycles. The Morgan fingerprint density at radius 3 is 2.53 bits per heavy atom. The van der Waals surface area contributed by atoms with Crippen LogP contribution in [0.3, 0.4) is 0 Å². The largest absolute Gasteiger partial charge is 0.395 e. The lowest BCUT2D eigenvalue weighted by atomic mass is 9.83. The Morgan fingerprint density at radius 1 is 1.00 bits per heavy atom. The van der Waals surface area contributed by atoms with Gasteiger partial charge in [-0.1, -0.05) is 6.07 Å². The third kappa shape index (κ3) is 3.87. The minimum absolute atomic E-state index is 0.185. The van der Waals surface area contributed by atoms with Crippen LogP contribution >= 0.6 is 0 Å². The zero-order valence-electron chi connectivity index (χ0n) is 17.4. The van der Waals surface area contributed by atoms with Gasteiger partial charge in [-0.25, -0.2) is 9.97 Å². The number of hydrogen-bond acceptors (Lipinski definition) is 7. The fourth-order valence-electron chi connectivity index (χ4n) is 5.28. The van der Waals surface area contributed by atoms with Crippen molar-refractivity contribution in [3.63, 3.8) is 0 Å². The number of β-amino-alcohol motifs (C(OH)–C–C–N with tert-alkyl or cyclic N) is 1. The molecular weight excluding hydrogens is 380 g/mol. The van der Waals surface area contributed by atoms with Crippen LogP contribution in [0.2, 0.25) is 0 Å².